The van der Waals surface area contributed by atoms with Gasteiger partial charge in [0.15, 0.2) is 0 Å². The lowest BCUT2D eigenvalue weighted by Gasteiger charge is -2.19. The summed E-state index contributed by atoms with van der Waals surface area (Å²) in [4.78, 5) is 0. The fraction of sp³-hybridized carbons (Fsp3) is 0.571. The van der Waals surface area contributed by atoms with Gasteiger partial charge in [0.25, 0.3) is 0 Å². The first kappa shape index (κ1) is 12.5. The zero-order valence-electron chi connectivity index (χ0n) is 10.00. The fourth-order valence-corrected chi connectivity index (χ4v) is 2.80. The van der Waals surface area contributed by atoms with E-state index in [1.165, 1.54) is 18.2 Å². The summed E-state index contributed by atoms with van der Waals surface area (Å²) in [6, 6.07) is 3.73. The summed E-state index contributed by atoms with van der Waals surface area (Å²) in [5.74, 6) is -0.703. The summed E-state index contributed by atoms with van der Waals surface area (Å²) >= 11 is 0. The summed E-state index contributed by atoms with van der Waals surface area (Å²) in [7, 11) is 0. The molecule has 0 spiro atoms. The lowest BCUT2D eigenvalue weighted by molar-refractivity contribution is 0.101. The molecule has 0 bridgehead atoms. The van der Waals surface area contributed by atoms with Crippen LogP contribution in [0, 0.1) is 23.5 Å². The van der Waals surface area contributed by atoms with Gasteiger partial charge in [-0.3, -0.25) is 0 Å². The van der Waals surface area contributed by atoms with E-state index in [1.54, 1.807) is 0 Å². The molecule has 17 heavy (non-hydrogen) atoms. The van der Waals surface area contributed by atoms with E-state index in [0.29, 0.717) is 5.92 Å². The third-order valence-corrected chi connectivity index (χ3v) is 3.90. The van der Waals surface area contributed by atoms with Crippen LogP contribution in [0.3, 0.4) is 0 Å². The first-order valence-electron chi connectivity index (χ1n) is 6.25. The summed E-state index contributed by atoms with van der Waals surface area (Å²) in [5.41, 5.74) is -0.158. The lowest BCUT2D eigenvalue weighted by atomic mass is 9.92. The van der Waals surface area contributed by atoms with Gasteiger partial charge >= 0.3 is 0 Å². The van der Waals surface area contributed by atoms with Gasteiger partial charge in [-0.1, -0.05) is 25.8 Å². The molecule has 3 heteroatoms. The number of aliphatic hydroxyl groups is 1. The Morgan fingerprint density at radius 2 is 1.94 bits per heavy atom. The third kappa shape index (κ3) is 2.49. The molecule has 0 aliphatic heterocycles. The minimum Gasteiger partial charge on any atom is -0.388 e. The second kappa shape index (κ2) is 5.13. The molecule has 3 atom stereocenters. The Labute approximate surface area is 100 Å². The second-order valence-corrected chi connectivity index (χ2v) is 4.93. The van der Waals surface area contributed by atoms with Gasteiger partial charge < -0.3 is 5.11 Å². The first-order chi connectivity index (χ1) is 8.13. The normalized spacial score (nSPS) is 26.1. The zero-order valence-corrected chi connectivity index (χ0v) is 10.00. The van der Waals surface area contributed by atoms with Gasteiger partial charge in [-0.2, -0.15) is 0 Å². The molecule has 0 aromatic heterocycles. The van der Waals surface area contributed by atoms with Crippen LogP contribution in [0.15, 0.2) is 18.2 Å². The van der Waals surface area contributed by atoms with Gasteiger partial charge in [0.1, 0.15) is 11.6 Å². The van der Waals surface area contributed by atoms with Crippen LogP contribution in [0.4, 0.5) is 8.78 Å². The van der Waals surface area contributed by atoms with E-state index >= 15 is 0 Å². The minimum absolute atomic E-state index is 0.00801. The Morgan fingerprint density at radius 3 is 2.47 bits per heavy atom. The average molecular weight is 240 g/mol. The predicted molar refractivity (Wildman–Crippen MR) is 62.4 cm³/mol. The fourth-order valence-electron chi connectivity index (χ4n) is 2.80. The Bertz CT molecular complexity index is 372. The van der Waals surface area contributed by atoms with Crippen LogP contribution in [0.5, 0.6) is 0 Å². The van der Waals surface area contributed by atoms with Crippen molar-refractivity contribution in [3.63, 3.8) is 0 Å². The van der Waals surface area contributed by atoms with Crippen molar-refractivity contribution in [2.75, 3.05) is 0 Å². The maximum absolute atomic E-state index is 13.5. The molecule has 1 aromatic rings. The first-order valence-corrected chi connectivity index (χ1v) is 6.25. The highest BCUT2D eigenvalue weighted by Gasteiger charge is 2.32. The van der Waals surface area contributed by atoms with E-state index < -0.39 is 17.7 Å². The number of hydrogen-bond donors (Lipinski definition) is 1. The molecule has 0 radical (unpaired) electrons. The van der Waals surface area contributed by atoms with Gasteiger partial charge in [0.2, 0.25) is 0 Å². The Hall–Kier alpha value is -0.960. The molecule has 2 rings (SSSR count). The van der Waals surface area contributed by atoms with Gasteiger partial charge in [0, 0.05) is 0 Å². The van der Waals surface area contributed by atoms with Crippen molar-refractivity contribution >= 4 is 0 Å². The van der Waals surface area contributed by atoms with Crippen LogP contribution in [0.25, 0.3) is 0 Å². The molecule has 1 N–H and O–H groups in total. The zero-order chi connectivity index (χ0) is 12.4. The van der Waals surface area contributed by atoms with Crippen molar-refractivity contribution in [1.82, 2.24) is 0 Å². The minimum atomic E-state index is -1.01. The van der Waals surface area contributed by atoms with Crippen molar-refractivity contribution in [1.29, 1.82) is 0 Å². The Morgan fingerprint density at radius 1 is 1.29 bits per heavy atom. The molecule has 94 valence electrons. The van der Waals surface area contributed by atoms with Crippen molar-refractivity contribution in [3.05, 3.63) is 35.4 Å². The number of hydrogen-bond acceptors (Lipinski definition) is 1. The molecule has 1 saturated carbocycles. The molecule has 1 nitrogen and oxygen atoms in total. The van der Waals surface area contributed by atoms with Crippen LogP contribution in [0.2, 0.25) is 0 Å². The van der Waals surface area contributed by atoms with Crippen molar-refractivity contribution in [3.8, 4) is 0 Å². The molecule has 1 aromatic carbocycles. The molecule has 3 unspecified atom stereocenters. The highest BCUT2D eigenvalue weighted by Crippen LogP contribution is 2.41. The van der Waals surface area contributed by atoms with Crippen molar-refractivity contribution in [2.24, 2.45) is 11.8 Å². The monoisotopic (exact) mass is 240 g/mol. The molecule has 0 heterocycles. The maximum atomic E-state index is 13.5. The summed E-state index contributed by atoms with van der Waals surface area (Å²) in [6.07, 6.45) is 2.84. The van der Waals surface area contributed by atoms with Crippen molar-refractivity contribution in [2.45, 2.75) is 38.7 Å². The largest absolute Gasteiger partial charge is 0.388 e. The molecular weight excluding hydrogens is 222 g/mol. The summed E-state index contributed by atoms with van der Waals surface area (Å²) < 4.78 is 27.1. The number of rotatable bonds is 3. The highest BCUT2D eigenvalue weighted by molar-refractivity contribution is 5.22. The smallest absolute Gasteiger partial charge is 0.131 e. The number of aliphatic hydroxyl groups excluding tert-OH is 1. The van der Waals surface area contributed by atoms with Crippen LogP contribution >= 0.6 is 0 Å². The molecule has 1 aliphatic rings. The standard InChI is InChI=1S/C14H18F2O/c1-2-9-6-7-10(8-9)14(17)13-11(15)4-3-5-12(13)16/h3-5,9-10,14,17H,2,6-8H2,1H3. The predicted octanol–water partition coefficient (Wildman–Crippen LogP) is 3.82. The molecular formula is C14H18F2O. The summed E-state index contributed by atoms with van der Waals surface area (Å²) in [6.45, 7) is 2.11. The Balaban J connectivity index is 2.17. The lowest BCUT2D eigenvalue weighted by Crippen LogP contribution is -2.13. The molecule has 1 aliphatic carbocycles. The van der Waals surface area contributed by atoms with Crippen LogP contribution < -0.4 is 0 Å². The third-order valence-electron chi connectivity index (χ3n) is 3.90. The number of halogens is 2. The average Bonchev–Trinajstić information content (AvgIpc) is 2.77. The van der Waals surface area contributed by atoms with Gasteiger partial charge in [-0.25, -0.2) is 8.78 Å². The van der Waals surface area contributed by atoms with Crippen molar-refractivity contribution < 1.29 is 13.9 Å². The van der Waals surface area contributed by atoms with Crippen LogP contribution in [0.1, 0.15) is 44.3 Å². The molecule has 1 fully saturated rings. The maximum Gasteiger partial charge on any atom is 0.131 e. The molecule has 0 saturated heterocycles. The van der Waals surface area contributed by atoms with E-state index in [9.17, 15) is 13.9 Å². The van der Waals surface area contributed by atoms with Gasteiger partial charge in [-0.05, 0) is 36.8 Å². The highest BCUT2D eigenvalue weighted by atomic mass is 19.1. The van der Waals surface area contributed by atoms with E-state index in [4.69, 9.17) is 0 Å². The van der Waals surface area contributed by atoms with Crippen LogP contribution in [-0.2, 0) is 0 Å². The number of benzene rings is 1. The van der Waals surface area contributed by atoms with Gasteiger partial charge in [0.05, 0.1) is 11.7 Å². The summed E-state index contributed by atoms with van der Waals surface area (Å²) in [5, 5.41) is 10.1. The SMILES string of the molecule is CCC1CCC(C(O)c2c(F)cccc2F)C1. The van der Waals surface area contributed by atoms with E-state index in [0.717, 1.165) is 25.7 Å². The van der Waals surface area contributed by atoms with E-state index in [-0.39, 0.29) is 11.5 Å². The topological polar surface area (TPSA) is 20.2 Å². The van der Waals surface area contributed by atoms with Crippen LogP contribution in [-0.4, -0.2) is 5.11 Å². The Kier molecular flexibility index (Phi) is 3.77. The van der Waals surface area contributed by atoms with E-state index in [1.807, 2.05) is 0 Å². The molecule has 0 amide bonds. The van der Waals surface area contributed by atoms with Gasteiger partial charge in [-0.15, -0.1) is 0 Å². The second-order valence-electron chi connectivity index (χ2n) is 4.93. The quantitative estimate of drug-likeness (QED) is 0.851. The van der Waals surface area contributed by atoms with E-state index in [2.05, 4.69) is 6.92 Å².